The topological polar surface area (TPSA) is 115 Å². The molecule has 210 valence electrons. The predicted molar refractivity (Wildman–Crippen MR) is 155 cm³/mol. The van der Waals surface area contributed by atoms with Crippen molar-refractivity contribution in [2.75, 3.05) is 14.2 Å². The first-order valence-corrected chi connectivity index (χ1v) is 13.1. The maximum absolute atomic E-state index is 14.3. The summed E-state index contributed by atoms with van der Waals surface area (Å²) < 4.78 is 21.8. The number of aliphatic hydroxyl groups excluding tert-OH is 1. The number of aromatic nitrogens is 5. The molecule has 0 aliphatic heterocycles. The average molecular weight is 529 g/mol. The van der Waals surface area contributed by atoms with Gasteiger partial charge in [0.15, 0.2) is 5.82 Å². The predicted octanol–water partition coefficient (Wildman–Crippen LogP) is 7.08. The van der Waals surface area contributed by atoms with Gasteiger partial charge in [0.2, 0.25) is 0 Å². The lowest BCUT2D eigenvalue weighted by Crippen LogP contribution is -1.96. The molecule has 38 heavy (non-hydrogen) atoms. The summed E-state index contributed by atoms with van der Waals surface area (Å²) >= 11 is 0. The lowest BCUT2D eigenvalue weighted by atomic mass is 10.1. The highest BCUT2D eigenvalue weighted by Gasteiger charge is 2.10. The molecule has 3 heterocycles. The van der Waals surface area contributed by atoms with Crippen LogP contribution < -0.4 is 10.5 Å². The second kappa shape index (κ2) is 21.5. The van der Waals surface area contributed by atoms with Crippen molar-refractivity contribution in [2.45, 2.75) is 66.8 Å². The van der Waals surface area contributed by atoms with E-state index in [4.69, 9.17) is 9.84 Å². The molecule has 0 unspecified atom stereocenters. The summed E-state index contributed by atoms with van der Waals surface area (Å²) in [5, 5.41) is 18.2. The minimum absolute atomic E-state index is 0.0711. The number of rotatable bonds is 8. The standard InChI is InChI=1S/C20H18FN5O.C5H12.C2H6.CH5N.CH4O/c1-2-10-26-11-8-19(25-26)14-3-5-16(6-4-14)27-20-17(21)12-15(13-22-20)18-7-9-23-24-18;1-3-5-4-2;3*1-2/h3-9,11-13H,2,10H2,1H3,(H,23,24);3-5H2,1-2H3;1-2H3;2H2,1H3;2H,1H3. The van der Waals surface area contributed by atoms with Gasteiger partial charge in [0, 0.05) is 43.4 Å². The van der Waals surface area contributed by atoms with E-state index in [1.807, 2.05) is 42.9 Å². The van der Waals surface area contributed by atoms with Crippen LogP contribution in [0.4, 0.5) is 4.39 Å². The number of unbranched alkanes of at least 4 members (excludes halogenated alkanes) is 2. The zero-order valence-electron chi connectivity index (χ0n) is 23.9. The molecule has 0 amide bonds. The van der Waals surface area contributed by atoms with Gasteiger partial charge in [-0.1, -0.05) is 53.9 Å². The Morgan fingerprint density at radius 3 is 2.11 bits per heavy atom. The molecular formula is C29H45FN6O2. The maximum Gasteiger partial charge on any atom is 0.255 e. The fourth-order valence-corrected chi connectivity index (χ4v) is 3.09. The van der Waals surface area contributed by atoms with Crippen LogP contribution in [0.15, 0.2) is 61.1 Å². The van der Waals surface area contributed by atoms with Gasteiger partial charge in [0.25, 0.3) is 5.88 Å². The highest BCUT2D eigenvalue weighted by Crippen LogP contribution is 2.27. The number of ether oxygens (including phenoxy) is 1. The third-order valence-corrected chi connectivity index (χ3v) is 4.78. The lowest BCUT2D eigenvalue weighted by molar-refractivity contribution is 0.399. The smallest absolute Gasteiger partial charge is 0.255 e. The molecule has 9 heteroatoms. The Labute approximate surface area is 227 Å². The number of nitrogens with one attached hydrogen (secondary N) is 1. The van der Waals surface area contributed by atoms with E-state index in [2.05, 4.69) is 46.8 Å². The number of hydrogen-bond donors (Lipinski definition) is 3. The van der Waals surface area contributed by atoms with E-state index < -0.39 is 5.82 Å². The van der Waals surface area contributed by atoms with Crippen LogP contribution in [-0.4, -0.2) is 44.2 Å². The molecule has 4 N–H and O–H groups in total. The summed E-state index contributed by atoms with van der Waals surface area (Å²) in [6.07, 6.45) is 10.2. The monoisotopic (exact) mass is 528 g/mol. The number of aromatic amines is 1. The van der Waals surface area contributed by atoms with E-state index in [9.17, 15) is 4.39 Å². The molecular weight excluding hydrogens is 483 g/mol. The summed E-state index contributed by atoms with van der Waals surface area (Å²) in [5.41, 5.74) is 7.67. The molecule has 0 atom stereocenters. The van der Waals surface area contributed by atoms with Gasteiger partial charge in [-0.25, -0.2) is 9.37 Å². The first-order chi connectivity index (χ1) is 18.6. The molecule has 0 radical (unpaired) electrons. The second-order valence-corrected chi connectivity index (χ2v) is 7.43. The molecule has 0 bridgehead atoms. The number of pyridine rings is 1. The number of nitrogens with two attached hydrogens (primary N) is 1. The third kappa shape index (κ3) is 11.7. The number of H-pyrrole nitrogens is 1. The van der Waals surface area contributed by atoms with Crippen molar-refractivity contribution in [2.24, 2.45) is 5.73 Å². The van der Waals surface area contributed by atoms with Gasteiger partial charge in [0.1, 0.15) is 5.75 Å². The molecule has 0 aliphatic rings. The molecule has 0 saturated heterocycles. The zero-order chi connectivity index (χ0) is 28.8. The molecule has 8 nitrogen and oxygen atoms in total. The summed E-state index contributed by atoms with van der Waals surface area (Å²) in [5.74, 6) is -0.102. The molecule has 4 aromatic rings. The van der Waals surface area contributed by atoms with Crippen molar-refractivity contribution >= 4 is 0 Å². The van der Waals surface area contributed by atoms with E-state index in [-0.39, 0.29) is 5.88 Å². The van der Waals surface area contributed by atoms with Crippen LogP contribution in [0.25, 0.3) is 22.5 Å². The Morgan fingerprint density at radius 1 is 0.947 bits per heavy atom. The van der Waals surface area contributed by atoms with Crippen LogP contribution in [0.3, 0.4) is 0 Å². The van der Waals surface area contributed by atoms with Crippen molar-refractivity contribution in [1.82, 2.24) is 25.0 Å². The van der Waals surface area contributed by atoms with Crippen molar-refractivity contribution < 1.29 is 14.2 Å². The van der Waals surface area contributed by atoms with Crippen molar-refractivity contribution in [3.63, 3.8) is 0 Å². The molecule has 3 aromatic heterocycles. The highest BCUT2D eigenvalue weighted by molar-refractivity contribution is 5.60. The van der Waals surface area contributed by atoms with Crippen LogP contribution in [0.1, 0.15) is 60.3 Å². The molecule has 0 spiro atoms. The summed E-state index contributed by atoms with van der Waals surface area (Å²) in [6.45, 7) is 11.4. The SMILES string of the molecule is CC.CCCCC.CCCn1ccc(-c2ccc(Oc3ncc(-c4ccn[nH]4)cc3F)cc2)n1.CN.CO. The van der Waals surface area contributed by atoms with Crippen LogP contribution in [0.5, 0.6) is 11.6 Å². The van der Waals surface area contributed by atoms with Gasteiger partial charge in [0.05, 0.1) is 11.4 Å². The number of aliphatic hydroxyl groups is 1. The normalized spacial score (nSPS) is 9.32. The third-order valence-electron chi connectivity index (χ3n) is 4.78. The van der Waals surface area contributed by atoms with Gasteiger partial charge in [-0.15, -0.1) is 0 Å². The van der Waals surface area contributed by atoms with Crippen LogP contribution >= 0.6 is 0 Å². The van der Waals surface area contributed by atoms with Gasteiger partial charge in [-0.3, -0.25) is 9.78 Å². The van der Waals surface area contributed by atoms with Gasteiger partial charge >= 0.3 is 0 Å². The average Bonchev–Trinajstić information content (AvgIpc) is 3.68. The summed E-state index contributed by atoms with van der Waals surface area (Å²) in [4.78, 5) is 4.07. The quantitative estimate of drug-likeness (QED) is 0.225. The molecule has 0 saturated carbocycles. The molecule has 0 fully saturated rings. The molecule has 1 aromatic carbocycles. The Morgan fingerprint density at radius 2 is 1.61 bits per heavy atom. The minimum atomic E-state index is -0.538. The number of benzene rings is 1. The fourth-order valence-electron chi connectivity index (χ4n) is 3.09. The van der Waals surface area contributed by atoms with Gasteiger partial charge < -0.3 is 15.6 Å². The van der Waals surface area contributed by atoms with E-state index in [0.717, 1.165) is 31.3 Å². The van der Waals surface area contributed by atoms with E-state index in [1.165, 1.54) is 32.4 Å². The summed E-state index contributed by atoms with van der Waals surface area (Å²) in [6, 6.07) is 12.4. The van der Waals surface area contributed by atoms with E-state index in [0.29, 0.717) is 17.0 Å². The number of aryl methyl sites for hydroxylation is 1. The Balaban J connectivity index is 0.00000108. The second-order valence-electron chi connectivity index (χ2n) is 7.43. The summed E-state index contributed by atoms with van der Waals surface area (Å²) in [7, 11) is 2.50. The largest absolute Gasteiger partial charge is 0.436 e. The Hall–Kier alpha value is -3.56. The minimum Gasteiger partial charge on any atom is -0.436 e. The van der Waals surface area contributed by atoms with E-state index in [1.54, 1.807) is 30.6 Å². The number of hydrogen-bond acceptors (Lipinski definition) is 6. The Bertz CT molecular complexity index is 1080. The molecule has 0 aliphatic carbocycles. The maximum atomic E-state index is 14.3. The Kier molecular flexibility index (Phi) is 19.5. The fraction of sp³-hybridized carbons (Fsp3) is 0.414. The van der Waals surface area contributed by atoms with Crippen LogP contribution in [-0.2, 0) is 6.54 Å². The van der Waals surface area contributed by atoms with Gasteiger partial charge in [-0.05, 0) is 55.9 Å². The first kappa shape index (κ1) is 34.4. The van der Waals surface area contributed by atoms with Crippen molar-refractivity contribution in [3.05, 3.63) is 66.9 Å². The molecule has 4 rings (SSSR count). The van der Waals surface area contributed by atoms with Crippen molar-refractivity contribution in [3.8, 4) is 34.1 Å². The number of nitrogens with zero attached hydrogens (tertiary/aromatic N) is 4. The first-order valence-electron chi connectivity index (χ1n) is 13.1. The van der Waals surface area contributed by atoms with Crippen molar-refractivity contribution in [1.29, 1.82) is 0 Å². The van der Waals surface area contributed by atoms with Crippen LogP contribution in [0, 0.1) is 5.82 Å². The van der Waals surface area contributed by atoms with Gasteiger partial charge in [-0.2, -0.15) is 10.2 Å². The van der Waals surface area contributed by atoms with E-state index >= 15 is 0 Å². The highest BCUT2D eigenvalue weighted by atomic mass is 19.1. The number of halogens is 1. The lowest BCUT2D eigenvalue weighted by Gasteiger charge is -2.07. The zero-order valence-corrected chi connectivity index (χ0v) is 23.9. The van der Waals surface area contributed by atoms with Crippen LogP contribution in [0.2, 0.25) is 0 Å².